The van der Waals surface area contributed by atoms with Crippen molar-refractivity contribution in [3.63, 3.8) is 0 Å². The standard InChI is InChI=1S/C8H8F2N4O/c9-5-1-2-6(15)7(10)4(5)3-13-14-8(11)12/h1-3,15H,(H4,11,12,14). The molecule has 0 aromatic heterocycles. The molecule has 0 saturated carbocycles. The minimum atomic E-state index is -1.12. The van der Waals surface area contributed by atoms with Crippen molar-refractivity contribution in [1.82, 2.24) is 0 Å². The second-order valence-corrected chi connectivity index (χ2v) is 2.56. The van der Waals surface area contributed by atoms with Crippen LogP contribution in [0.4, 0.5) is 8.78 Å². The largest absolute Gasteiger partial charge is 0.505 e. The molecule has 5 N–H and O–H groups in total. The number of guanidine groups is 1. The summed E-state index contributed by atoms with van der Waals surface area (Å²) in [5.41, 5.74) is 9.37. The van der Waals surface area contributed by atoms with Crippen molar-refractivity contribution in [2.45, 2.75) is 0 Å². The van der Waals surface area contributed by atoms with Crippen LogP contribution in [-0.2, 0) is 0 Å². The molecule has 1 aromatic carbocycles. The molecule has 0 bridgehead atoms. The summed E-state index contributed by atoms with van der Waals surface area (Å²) in [5, 5.41) is 15.3. The molecule has 1 aromatic rings. The van der Waals surface area contributed by atoms with Gasteiger partial charge in [-0.15, -0.1) is 5.10 Å². The molecule has 7 heteroatoms. The lowest BCUT2D eigenvalue weighted by Gasteiger charge is -1.99. The Labute approximate surface area is 83.7 Å². The minimum absolute atomic E-state index is 0.341. The molecule has 0 amide bonds. The van der Waals surface area contributed by atoms with Gasteiger partial charge in [-0.1, -0.05) is 0 Å². The maximum atomic E-state index is 13.1. The van der Waals surface area contributed by atoms with Crippen molar-refractivity contribution in [1.29, 1.82) is 0 Å². The Balaban J connectivity index is 3.09. The Kier molecular flexibility index (Phi) is 3.17. The van der Waals surface area contributed by atoms with Gasteiger partial charge in [0, 0.05) is 0 Å². The second-order valence-electron chi connectivity index (χ2n) is 2.56. The lowest BCUT2D eigenvalue weighted by atomic mass is 10.2. The molecular weight excluding hydrogens is 206 g/mol. The molecule has 0 radical (unpaired) electrons. The summed E-state index contributed by atoms with van der Waals surface area (Å²) in [6.45, 7) is 0. The highest BCUT2D eigenvalue weighted by molar-refractivity contribution is 5.82. The second kappa shape index (κ2) is 4.36. The van der Waals surface area contributed by atoms with E-state index in [2.05, 4.69) is 10.2 Å². The number of halogens is 2. The van der Waals surface area contributed by atoms with Crippen LogP contribution in [0.5, 0.6) is 5.75 Å². The van der Waals surface area contributed by atoms with Crippen molar-refractivity contribution >= 4 is 12.2 Å². The third-order valence-electron chi connectivity index (χ3n) is 1.47. The Hall–Kier alpha value is -2.18. The molecular formula is C8H8F2N4O. The number of hydrogen-bond acceptors (Lipinski definition) is 3. The molecule has 0 saturated heterocycles. The van der Waals surface area contributed by atoms with E-state index in [0.29, 0.717) is 0 Å². The highest BCUT2D eigenvalue weighted by Crippen LogP contribution is 2.20. The van der Waals surface area contributed by atoms with Gasteiger partial charge in [-0.05, 0) is 12.1 Å². The average Bonchev–Trinajstić information content (AvgIpc) is 2.17. The fourth-order valence-electron chi connectivity index (χ4n) is 0.829. The highest BCUT2D eigenvalue weighted by Gasteiger charge is 2.10. The van der Waals surface area contributed by atoms with Crippen LogP contribution in [0.15, 0.2) is 22.3 Å². The van der Waals surface area contributed by atoms with Gasteiger partial charge in [-0.3, -0.25) is 0 Å². The smallest absolute Gasteiger partial charge is 0.211 e. The van der Waals surface area contributed by atoms with Crippen LogP contribution in [0.2, 0.25) is 0 Å². The number of rotatable bonds is 2. The molecule has 15 heavy (non-hydrogen) atoms. The van der Waals surface area contributed by atoms with Crippen LogP contribution in [0.1, 0.15) is 5.56 Å². The van der Waals surface area contributed by atoms with Crippen molar-refractivity contribution in [2.24, 2.45) is 21.7 Å². The van der Waals surface area contributed by atoms with Crippen LogP contribution in [0.25, 0.3) is 0 Å². The van der Waals surface area contributed by atoms with Crippen molar-refractivity contribution < 1.29 is 13.9 Å². The summed E-state index contributed by atoms with van der Waals surface area (Å²) in [6.07, 6.45) is 0.768. The first-order chi connectivity index (χ1) is 7.02. The van der Waals surface area contributed by atoms with Crippen molar-refractivity contribution in [3.8, 4) is 5.75 Å². The first-order valence-corrected chi connectivity index (χ1v) is 3.81. The van der Waals surface area contributed by atoms with E-state index < -0.39 is 22.9 Å². The van der Waals surface area contributed by atoms with Gasteiger partial charge in [0.15, 0.2) is 11.6 Å². The minimum Gasteiger partial charge on any atom is -0.505 e. The van der Waals surface area contributed by atoms with Crippen LogP contribution < -0.4 is 11.5 Å². The van der Waals surface area contributed by atoms with Crippen molar-refractivity contribution in [2.75, 3.05) is 0 Å². The summed E-state index contributed by atoms with van der Waals surface area (Å²) < 4.78 is 26.1. The van der Waals surface area contributed by atoms with Gasteiger partial charge in [-0.2, -0.15) is 5.10 Å². The van der Waals surface area contributed by atoms with Crippen LogP contribution in [0, 0.1) is 11.6 Å². The molecule has 0 heterocycles. The topological polar surface area (TPSA) is 97.0 Å². The van der Waals surface area contributed by atoms with E-state index in [0.717, 1.165) is 18.3 Å². The molecule has 5 nitrogen and oxygen atoms in total. The fraction of sp³-hybridized carbons (Fsp3) is 0. The molecule has 0 aliphatic carbocycles. The van der Waals surface area contributed by atoms with Crippen LogP contribution in [-0.4, -0.2) is 17.3 Å². The first kappa shape index (κ1) is 10.9. The molecule has 0 aliphatic rings. The number of benzene rings is 1. The number of phenolic OH excluding ortho intramolecular Hbond substituents is 1. The van der Waals surface area contributed by atoms with Gasteiger partial charge in [0.1, 0.15) is 5.82 Å². The van der Waals surface area contributed by atoms with Gasteiger partial charge in [0.25, 0.3) is 0 Å². The van der Waals surface area contributed by atoms with E-state index in [1.165, 1.54) is 0 Å². The maximum absolute atomic E-state index is 13.1. The van der Waals surface area contributed by atoms with Crippen LogP contribution in [0.3, 0.4) is 0 Å². The van der Waals surface area contributed by atoms with Gasteiger partial charge in [-0.25, -0.2) is 8.78 Å². The Morgan fingerprint density at radius 1 is 1.33 bits per heavy atom. The van der Waals surface area contributed by atoms with Gasteiger partial charge in [0.05, 0.1) is 11.8 Å². The predicted molar refractivity (Wildman–Crippen MR) is 51.4 cm³/mol. The molecule has 0 spiro atoms. The molecule has 0 atom stereocenters. The zero-order valence-electron chi connectivity index (χ0n) is 7.48. The first-order valence-electron chi connectivity index (χ1n) is 3.81. The summed E-state index contributed by atoms with van der Waals surface area (Å²) in [4.78, 5) is 0. The number of hydrogen-bond donors (Lipinski definition) is 3. The Bertz CT molecular complexity index is 427. The summed E-state index contributed by atoms with van der Waals surface area (Å²) >= 11 is 0. The lowest BCUT2D eigenvalue weighted by Crippen LogP contribution is -2.21. The average molecular weight is 214 g/mol. The third kappa shape index (κ3) is 2.63. The zero-order valence-corrected chi connectivity index (χ0v) is 7.48. The van der Waals surface area contributed by atoms with Crippen LogP contribution >= 0.6 is 0 Å². The molecule has 0 aliphatic heterocycles. The Morgan fingerprint density at radius 2 is 2.00 bits per heavy atom. The number of nitrogens with two attached hydrogens (primary N) is 2. The van der Waals surface area contributed by atoms with E-state index >= 15 is 0 Å². The Morgan fingerprint density at radius 3 is 2.60 bits per heavy atom. The quantitative estimate of drug-likeness (QED) is 0.374. The maximum Gasteiger partial charge on any atom is 0.211 e. The van der Waals surface area contributed by atoms with Gasteiger partial charge < -0.3 is 16.6 Å². The third-order valence-corrected chi connectivity index (χ3v) is 1.47. The molecule has 0 fully saturated rings. The molecule has 1 rings (SSSR count). The number of aromatic hydroxyl groups is 1. The summed E-state index contributed by atoms with van der Waals surface area (Å²) in [5.74, 6) is -3.01. The SMILES string of the molecule is NC(N)=NN=Cc1c(F)ccc(O)c1F. The molecule has 0 unspecified atom stereocenters. The van der Waals surface area contributed by atoms with Gasteiger partial charge in [0.2, 0.25) is 5.96 Å². The summed E-state index contributed by atoms with van der Waals surface area (Å²) in [6, 6.07) is 1.79. The predicted octanol–water partition coefficient (Wildman–Crippen LogP) is 0.278. The number of phenols is 1. The van der Waals surface area contributed by atoms with Gasteiger partial charge >= 0.3 is 0 Å². The lowest BCUT2D eigenvalue weighted by molar-refractivity contribution is 0.427. The number of nitrogens with zero attached hydrogens (tertiary/aromatic N) is 2. The zero-order chi connectivity index (χ0) is 11.4. The van der Waals surface area contributed by atoms with E-state index in [-0.39, 0.29) is 5.96 Å². The van der Waals surface area contributed by atoms with E-state index in [1.807, 2.05) is 0 Å². The van der Waals surface area contributed by atoms with Crippen molar-refractivity contribution in [3.05, 3.63) is 29.3 Å². The van der Waals surface area contributed by atoms with E-state index in [1.54, 1.807) is 0 Å². The summed E-state index contributed by atoms with van der Waals surface area (Å²) in [7, 11) is 0. The molecule has 80 valence electrons. The fourth-order valence-corrected chi connectivity index (χ4v) is 0.829. The normalized spacial score (nSPS) is 10.5. The van der Waals surface area contributed by atoms with E-state index in [9.17, 15) is 8.78 Å². The van der Waals surface area contributed by atoms with E-state index in [4.69, 9.17) is 16.6 Å². The monoisotopic (exact) mass is 214 g/mol. The highest BCUT2D eigenvalue weighted by atomic mass is 19.1.